The molecule has 1 aromatic heterocycles. The maximum absolute atomic E-state index is 12.4. The fourth-order valence-corrected chi connectivity index (χ4v) is 0.738. The molecular formula is C7H5F4NO. The quantitative estimate of drug-likeness (QED) is 0.693. The first-order valence-corrected chi connectivity index (χ1v) is 3.27. The number of rotatable bonds is 1. The largest absolute Gasteiger partial charge is 0.420 e. The van der Waals surface area contributed by atoms with Crippen molar-refractivity contribution in [3.8, 4) is 0 Å². The average Bonchev–Trinajstić information content (AvgIpc) is 2.01. The number of nitrogens with zero attached hydrogens (tertiary/aromatic N) is 1. The molecular weight excluding hydrogens is 190 g/mol. The van der Waals surface area contributed by atoms with Gasteiger partial charge in [0.2, 0.25) is 0 Å². The van der Waals surface area contributed by atoms with Crippen LogP contribution in [0.5, 0.6) is 0 Å². The second kappa shape index (κ2) is 3.29. The van der Waals surface area contributed by atoms with Gasteiger partial charge in [-0.15, -0.1) is 0 Å². The minimum atomic E-state index is -4.82. The van der Waals surface area contributed by atoms with Crippen molar-refractivity contribution in [3.63, 3.8) is 0 Å². The predicted molar refractivity (Wildman–Crippen MR) is 35.2 cm³/mol. The SMILES string of the molecule is OC(c1cc(F)ccn1)C(F)(F)F. The number of alkyl halides is 3. The molecule has 2 nitrogen and oxygen atoms in total. The molecule has 0 radical (unpaired) electrons. The molecule has 1 atom stereocenters. The molecule has 0 aromatic carbocycles. The lowest BCUT2D eigenvalue weighted by atomic mass is 10.2. The van der Waals surface area contributed by atoms with E-state index in [0.29, 0.717) is 6.07 Å². The van der Waals surface area contributed by atoms with E-state index in [2.05, 4.69) is 4.98 Å². The fourth-order valence-electron chi connectivity index (χ4n) is 0.738. The van der Waals surface area contributed by atoms with Crippen LogP contribution in [0.3, 0.4) is 0 Å². The Balaban J connectivity index is 2.96. The number of pyridine rings is 1. The summed E-state index contributed by atoms with van der Waals surface area (Å²) >= 11 is 0. The Morgan fingerprint density at radius 1 is 1.38 bits per heavy atom. The molecule has 0 fully saturated rings. The van der Waals surface area contributed by atoms with Crippen LogP contribution in [0.4, 0.5) is 17.6 Å². The topological polar surface area (TPSA) is 33.1 Å². The Kier molecular flexibility index (Phi) is 2.51. The van der Waals surface area contributed by atoms with Crippen molar-refractivity contribution in [2.75, 3.05) is 0 Å². The highest BCUT2D eigenvalue weighted by atomic mass is 19.4. The van der Waals surface area contributed by atoms with Crippen LogP contribution in [0.2, 0.25) is 0 Å². The molecule has 0 amide bonds. The summed E-state index contributed by atoms with van der Waals surface area (Å²) in [4.78, 5) is 3.20. The lowest BCUT2D eigenvalue weighted by Crippen LogP contribution is -2.21. The lowest BCUT2D eigenvalue weighted by Gasteiger charge is -2.13. The third-order valence-electron chi connectivity index (χ3n) is 1.33. The van der Waals surface area contributed by atoms with Crippen LogP contribution in [-0.2, 0) is 0 Å². The van der Waals surface area contributed by atoms with Crippen LogP contribution < -0.4 is 0 Å². The number of hydrogen-bond acceptors (Lipinski definition) is 2. The van der Waals surface area contributed by atoms with E-state index >= 15 is 0 Å². The maximum Gasteiger partial charge on any atom is 0.420 e. The van der Waals surface area contributed by atoms with Crippen LogP contribution in [0.15, 0.2) is 18.3 Å². The number of aliphatic hydroxyl groups excluding tert-OH is 1. The van der Waals surface area contributed by atoms with E-state index in [1.54, 1.807) is 0 Å². The zero-order valence-corrected chi connectivity index (χ0v) is 6.22. The highest BCUT2D eigenvalue weighted by molar-refractivity contribution is 5.09. The molecule has 0 aliphatic heterocycles. The Hall–Kier alpha value is -1.17. The molecule has 1 heterocycles. The summed E-state index contributed by atoms with van der Waals surface area (Å²) in [6.45, 7) is 0. The molecule has 0 bridgehead atoms. The van der Waals surface area contributed by atoms with Crippen molar-refractivity contribution in [1.82, 2.24) is 4.98 Å². The van der Waals surface area contributed by atoms with E-state index in [4.69, 9.17) is 5.11 Å². The van der Waals surface area contributed by atoms with Gasteiger partial charge in [0, 0.05) is 6.20 Å². The third-order valence-corrected chi connectivity index (χ3v) is 1.33. The first-order valence-electron chi connectivity index (χ1n) is 3.27. The van der Waals surface area contributed by atoms with Crippen LogP contribution in [0.1, 0.15) is 11.8 Å². The summed E-state index contributed by atoms with van der Waals surface area (Å²) in [6.07, 6.45) is -6.69. The van der Waals surface area contributed by atoms with Gasteiger partial charge in [-0.05, 0) is 12.1 Å². The Morgan fingerprint density at radius 2 is 2.00 bits per heavy atom. The van der Waals surface area contributed by atoms with E-state index in [1.807, 2.05) is 0 Å². The van der Waals surface area contributed by atoms with E-state index in [0.717, 1.165) is 12.3 Å². The number of aliphatic hydroxyl groups is 1. The van der Waals surface area contributed by atoms with E-state index in [1.165, 1.54) is 0 Å². The summed E-state index contributed by atoms with van der Waals surface area (Å²) < 4.78 is 48.0. The van der Waals surface area contributed by atoms with Crippen LogP contribution >= 0.6 is 0 Å². The fraction of sp³-hybridized carbons (Fsp3) is 0.286. The van der Waals surface area contributed by atoms with Crippen LogP contribution in [-0.4, -0.2) is 16.3 Å². The van der Waals surface area contributed by atoms with E-state index < -0.39 is 23.8 Å². The second-order valence-electron chi connectivity index (χ2n) is 2.34. The monoisotopic (exact) mass is 195 g/mol. The summed E-state index contributed by atoms with van der Waals surface area (Å²) in [5.74, 6) is -0.867. The molecule has 1 N–H and O–H groups in total. The summed E-state index contributed by atoms with van der Waals surface area (Å²) in [6, 6.07) is 1.44. The lowest BCUT2D eigenvalue weighted by molar-refractivity contribution is -0.208. The molecule has 1 unspecified atom stereocenters. The van der Waals surface area contributed by atoms with Crippen molar-refractivity contribution < 1.29 is 22.7 Å². The van der Waals surface area contributed by atoms with Gasteiger partial charge in [0.25, 0.3) is 0 Å². The van der Waals surface area contributed by atoms with Crippen molar-refractivity contribution >= 4 is 0 Å². The van der Waals surface area contributed by atoms with Crippen molar-refractivity contribution in [3.05, 3.63) is 29.8 Å². The van der Waals surface area contributed by atoms with Gasteiger partial charge in [-0.1, -0.05) is 0 Å². The Labute approximate surface area is 70.8 Å². The highest BCUT2D eigenvalue weighted by Crippen LogP contribution is 2.31. The first kappa shape index (κ1) is 9.91. The van der Waals surface area contributed by atoms with Crippen molar-refractivity contribution in [2.45, 2.75) is 12.3 Å². The Morgan fingerprint density at radius 3 is 2.46 bits per heavy atom. The zero-order valence-electron chi connectivity index (χ0n) is 6.22. The second-order valence-corrected chi connectivity index (χ2v) is 2.34. The van der Waals surface area contributed by atoms with Gasteiger partial charge in [0.15, 0.2) is 6.10 Å². The molecule has 72 valence electrons. The molecule has 6 heteroatoms. The smallest absolute Gasteiger partial charge is 0.378 e. The third kappa shape index (κ3) is 2.38. The Bertz CT molecular complexity index is 299. The van der Waals surface area contributed by atoms with Gasteiger partial charge in [0.1, 0.15) is 5.82 Å². The first-order chi connectivity index (χ1) is 5.91. The average molecular weight is 195 g/mol. The molecule has 1 rings (SSSR count). The van der Waals surface area contributed by atoms with Gasteiger partial charge in [0.05, 0.1) is 5.69 Å². The number of hydrogen-bond donors (Lipinski definition) is 1. The minimum Gasteiger partial charge on any atom is -0.378 e. The summed E-state index contributed by atoms with van der Waals surface area (Å²) in [5.41, 5.74) is -0.743. The normalized spacial score (nSPS) is 14.2. The molecule has 0 aliphatic carbocycles. The predicted octanol–water partition coefficient (Wildman–Crippen LogP) is 1.82. The molecule has 0 saturated heterocycles. The van der Waals surface area contributed by atoms with Crippen LogP contribution in [0.25, 0.3) is 0 Å². The van der Waals surface area contributed by atoms with Crippen molar-refractivity contribution in [1.29, 1.82) is 0 Å². The number of halogens is 4. The summed E-state index contributed by atoms with van der Waals surface area (Å²) in [5, 5.41) is 8.63. The zero-order chi connectivity index (χ0) is 10.1. The van der Waals surface area contributed by atoms with Crippen molar-refractivity contribution in [2.24, 2.45) is 0 Å². The highest BCUT2D eigenvalue weighted by Gasteiger charge is 2.40. The van der Waals surface area contributed by atoms with Gasteiger partial charge in [-0.2, -0.15) is 13.2 Å². The van der Waals surface area contributed by atoms with Gasteiger partial charge >= 0.3 is 6.18 Å². The van der Waals surface area contributed by atoms with Gasteiger partial charge in [-0.25, -0.2) is 4.39 Å². The van der Waals surface area contributed by atoms with Gasteiger partial charge in [-0.3, -0.25) is 4.98 Å². The molecule has 0 spiro atoms. The van der Waals surface area contributed by atoms with E-state index in [9.17, 15) is 17.6 Å². The molecule has 13 heavy (non-hydrogen) atoms. The number of aromatic nitrogens is 1. The molecule has 1 aromatic rings. The minimum absolute atomic E-state index is 0.540. The van der Waals surface area contributed by atoms with Gasteiger partial charge < -0.3 is 5.11 Å². The van der Waals surface area contributed by atoms with E-state index in [-0.39, 0.29) is 0 Å². The summed E-state index contributed by atoms with van der Waals surface area (Å²) in [7, 11) is 0. The standard InChI is InChI=1S/C7H5F4NO/c8-4-1-2-12-5(3-4)6(13)7(9,10)11/h1-3,6,13H. The van der Waals surface area contributed by atoms with Crippen LogP contribution in [0, 0.1) is 5.82 Å². The maximum atomic E-state index is 12.4. The molecule has 0 saturated carbocycles. The molecule has 0 aliphatic rings.